The summed E-state index contributed by atoms with van der Waals surface area (Å²) in [6.07, 6.45) is 4.85. The number of rotatable bonds is 6. The summed E-state index contributed by atoms with van der Waals surface area (Å²) in [7, 11) is 0. The van der Waals surface area contributed by atoms with Crippen LogP contribution in [0.5, 0.6) is 0 Å². The minimum absolute atomic E-state index is 0.367. The Kier molecular flexibility index (Phi) is 4.60. The summed E-state index contributed by atoms with van der Waals surface area (Å²) in [6.45, 7) is 9.92. The van der Waals surface area contributed by atoms with Crippen molar-refractivity contribution in [1.82, 2.24) is 9.88 Å². The average molecular weight is 307 g/mol. The molecule has 1 aromatic heterocycles. The summed E-state index contributed by atoms with van der Waals surface area (Å²) >= 11 is 1.57. The number of thiazole rings is 1. The first-order valence-corrected chi connectivity index (χ1v) is 8.96. The lowest BCUT2D eigenvalue weighted by Crippen LogP contribution is -2.47. The maximum Gasteiger partial charge on any atom is 0.186 e. The van der Waals surface area contributed by atoms with Crippen LogP contribution in [0.4, 0.5) is 5.13 Å². The zero-order valence-electron chi connectivity index (χ0n) is 13.0. The molecule has 1 atom stereocenters. The van der Waals surface area contributed by atoms with Crippen LogP contribution >= 0.6 is 11.3 Å². The van der Waals surface area contributed by atoms with Gasteiger partial charge in [-0.15, -0.1) is 0 Å². The second kappa shape index (κ2) is 6.44. The molecule has 0 bridgehead atoms. The topological polar surface area (TPSA) is 36.4 Å². The van der Waals surface area contributed by atoms with E-state index in [-0.39, 0.29) is 0 Å². The number of anilines is 1. The fraction of sp³-hybridized carbons (Fsp3) is 0.750. The molecule has 1 saturated heterocycles. The maximum absolute atomic E-state index is 11.3. The molecule has 3 rings (SSSR count). The second-order valence-corrected chi connectivity index (χ2v) is 7.41. The van der Waals surface area contributed by atoms with Gasteiger partial charge in [0, 0.05) is 32.7 Å². The molecule has 2 aliphatic rings. The van der Waals surface area contributed by atoms with Crippen LogP contribution in [0.25, 0.3) is 0 Å². The number of nitrogens with zero attached hydrogens (tertiary/aromatic N) is 3. The third-order valence-corrected chi connectivity index (χ3v) is 5.77. The summed E-state index contributed by atoms with van der Waals surface area (Å²) in [6, 6.07) is 0. The van der Waals surface area contributed by atoms with Crippen molar-refractivity contribution in [2.24, 2.45) is 5.92 Å². The predicted molar refractivity (Wildman–Crippen MR) is 87.6 cm³/mol. The third kappa shape index (κ3) is 3.46. The summed E-state index contributed by atoms with van der Waals surface area (Å²) in [5, 5.41) is 1.04. The van der Waals surface area contributed by atoms with E-state index in [1.165, 1.54) is 19.4 Å². The number of aldehydes is 1. The quantitative estimate of drug-likeness (QED) is 0.757. The molecule has 2 fully saturated rings. The first-order chi connectivity index (χ1) is 10.2. The van der Waals surface area contributed by atoms with E-state index in [4.69, 9.17) is 4.98 Å². The molecule has 0 aromatic carbocycles. The van der Waals surface area contributed by atoms with Crippen molar-refractivity contribution in [2.75, 3.05) is 37.6 Å². The Labute approximate surface area is 131 Å². The van der Waals surface area contributed by atoms with E-state index in [1.807, 2.05) is 0 Å². The number of hydrogen-bond donors (Lipinski definition) is 0. The molecular weight excluding hydrogens is 282 g/mol. The highest BCUT2D eigenvalue weighted by atomic mass is 32.1. The van der Waals surface area contributed by atoms with Crippen molar-refractivity contribution in [3.8, 4) is 0 Å². The normalized spacial score (nSPS) is 21.5. The van der Waals surface area contributed by atoms with E-state index < -0.39 is 0 Å². The van der Waals surface area contributed by atoms with Gasteiger partial charge in [0.1, 0.15) is 0 Å². The lowest BCUT2D eigenvalue weighted by Gasteiger charge is -2.34. The van der Waals surface area contributed by atoms with Crippen LogP contribution < -0.4 is 4.90 Å². The van der Waals surface area contributed by atoms with Crippen molar-refractivity contribution in [2.45, 2.75) is 39.0 Å². The molecule has 4 nitrogen and oxygen atoms in total. The highest BCUT2D eigenvalue weighted by Gasteiger charge is 2.27. The highest BCUT2D eigenvalue weighted by molar-refractivity contribution is 7.17. The van der Waals surface area contributed by atoms with E-state index in [9.17, 15) is 4.79 Å². The van der Waals surface area contributed by atoms with Crippen LogP contribution in [0.3, 0.4) is 0 Å². The van der Waals surface area contributed by atoms with E-state index in [0.717, 1.165) is 60.5 Å². The van der Waals surface area contributed by atoms with Crippen LogP contribution in [-0.4, -0.2) is 48.9 Å². The monoisotopic (exact) mass is 307 g/mol. The molecule has 5 heteroatoms. The fourth-order valence-corrected chi connectivity index (χ4v) is 3.94. The van der Waals surface area contributed by atoms with Gasteiger partial charge in [-0.05, 0) is 31.1 Å². The van der Waals surface area contributed by atoms with Crippen LogP contribution in [-0.2, 0) is 0 Å². The van der Waals surface area contributed by atoms with Crippen molar-refractivity contribution >= 4 is 22.8 Å². The zero-order chi connectivity index (χ0) is 14.8. The minimum Gasteiger partial charge on any atom is -0.346 e. The minimum atomic E-state index is 0.367. The number of carbonyl (C=O) groups is 1. The van der Waals surface area contributed by atoms with Gasteiger partial charge in [-0.25, -0.2) is 4.98 Å². The van der Waals surface area contributed by atoms with Crippen LogP contribution in [0.1, 0.15) is 54.4 Å². The Balaban J connectivity index is 1.64. The van der Waals surface area contributed by atoms with Crippen LogP contribution in [0.15, 0.2) is 0 Å². The second-order valence-electron chi connectivity index (χ2n) is 6.40. The number of aromatic nitrogens is 1. The molecule has 1 aromatic rings. The standard InChI is InChI=1S/C16H25N3OS/c1-3-12(2)15-14(11-20)21-16(17-15)19-8-6-18(7-9-19)10-13-4-5-13/h11-13H,3-10H2,1-2H3. The highest BCUT2D eigenvalue weighted by Crippen LogP contribution is 2.33. The molecular formula is C16H25N3OS. The number of hydrogen-bond acceptors (Lipinski definition) is 5. The fourth-order valence-electron chi connectivity index (χ4n) is 2.88. The third-order valence-electron chi connectivity index (χ3n) is 4.71. The molecule has 1 saturated carbocycles. The van der Waals surface area contributed by atoms with E-state index >= 15 is 0 Å². The molecule has 0 amide bonds. The first-order valence-electron chi connectivity index (χ1n) is 8.14. The lowest BCUT2D eigenvalue weighted by molar-refractivity contribution is 0.112. The molecule has 0 N–H and O–H groups in total. The largest absolute Gasteiger partial charge is 0.346 e. The van der Waals surface area contributed by atoms with Gasteiger partial charge in [-0.1, -0.05) is 25.2 Å². The summed E-state index contributed by atoms with van der Waals surface area (Å²) in [5.41, 5.74) is 0.993. The van der Waals surface area contributed by atoms with Crippen molar-refractivity contribution in [3.05, 3.63) is 10.6 Å². The van der Waals surface area contributed by atoms with Crippen LogP contribution in [0.2, 0.25) is 0 Å². The first kappa shape index (κ1) is 15.0. The Hall–Kier alpha value is -0.940. The van der Waals surface area contributed by atoms with Gasteiger partial charge in [-0.3, -0.25) is 9.69 Å². The van der Waals surface area contributed by atoms with Crippen molar-refractivity contribution < 1.29 is 4.79 Å². The molecule has 1 aliphatic carbocycles. The SMILES string of the molecule is CCC(C)c1nc(N2CCN(CC3CC3)CC2)sc1C=O. The maximum atomic E-state index is 11.3. The molecule has 116 valence electrons. The molecule has 2 heterocycles. The average Bonchev–Trinajstić information content (AvgIpc) is 3.22. The number of piperazine rings is 1. The number of carbonyl (C=O) groups excluding carboxylic acids is 1. The van der Waals surface area contributed by atoms with Crippen molar-refractivity contribution in [3.63, 3.8) is 0 Å². The molecule has 1 aliphatic heterocycles. The summed E-state index contributed by atoms with van der Waals surface area (Å²) in [5.74, 6) is 1.33. The Bertz CT molecular complexity index is 490. The lowest BCUT2D eigenvalue weighted by atomic mass is 10.0. The van der Waals surface area contributed by atoms with Crippen LogP contribution in [0, 0.1) is 5.92 Å². The van der Waals surface area contributed by atoms with Gasteiger partial charge in [0.2, 0.25) is 0 Å². The Morgan fingerprint density at radius 2 is 2.05 bits per heavy atom. The Morgan fingerprint density at radius 3 is 2.62 bits per heavy atom. The smallest absolute Gasteiger partial charge is 0.186 e. The molecule has 0 spiro atoms. The zero-order valence-corrected chi connectivity index (χ0v) is 13.9. The predicted octanol–water partition coefficient (Wildman–Crippen LogP) is 3.00. The molecule has 0 radical (unpaired) electrons. The Morgan fingerprint density at radius 1 is 1.33 bits per heavy atom. The van der Waals surface area contributed by atoms with E-state index in [1.54, 1.807) is 11.3 Å². The molecule has 1 unspecified atom stereocenters. The van der Waals surface area contributed by atoms with Gasteiger partial charge in [0.05, 0.1) is 10.6 Å². The van der Waals surface area contributed by atoms with E-state index in [2.05, 4.69) is 23.6 Å². The van der Waals surface area contributed by atoms with E-state index in [0.29, 0.717) is 5.92 Å². The van der Waals surface area contributed by atoms with Gasteiger partial charge < -0.3 is 4.90 Å². The van der Waals surface area contributed by atoms with Crippen molar-refractivity contribution in [1.29, 1.82) is 0 Å². The van der Waals surface area contributed by atoms with Gasteiger partial charge >= 0.3 is 0 Å². The summed E-state index contributed by atoms with van der Waals surface area (Å²) in [4.78, 5) is 21.8. The summed E-state index contributed by atoms with van der Waals surface area (Å²) < 4.78 is 0. The van der Waals surface area contributed by atoms with Gasteiger partial charge in [0.15, 0.2) is 11.4 Å². The molecule has 21 heavy (non-hydrogen) atoms. The van der Waals surface area contributed by atoms with Gasteiger partial charge in [-0.2, -0.15) is 0 Å². The van der Waals surface area contributed by atoms with Gasteiger partial charge in [0.25, 0.3) is 0 Å².